The summed E-state index contributed by atoms with van der Waals surface area (Å²) in [5.41, 5.74) is 0.0150. The van der Waals surface area contributed by atoms with Crippen LogP contribution in [0.1, 0.15) is 48.1 Å². The van der Waals surface area contributed by atoms with Crippen LogP contribution in [0.3, 0.4) is 0 Å². The second kappa shape index (κ2) is 8.57. The maximum atomic E-state index is 13.2. The lowest BCUT2D eigenvalue weighted by atomic mass is 9.87. The highest BCUT2D eigenvalue weighted by molar-refractivity contribution is 5.72. The van der Waals surface area contributed by atoms with Crippen molar-refractivity contribution in [2.75, 3.05) is 6.61 Å². The molecule has 2 aromatic carbocycles. The van der Waals surface area contributed by atoms with E-state index in [-0.39, 0.29) is 12.4 Å². The fourth-order valence-corrected chi connectivity index (χ4v) is 3.91. The van der Waals surface area contributed by atoms with Crippen LogP contribution in [0, 0.1) is 30.9 Å². The largest absolute Gasteiger partial charge is 0.489 e. The van der Waals surface area contributed by atoms with Gasteiger partial charge in [-0.1, -0.05) is 0 Å². The van der Waals surface area contributed by atoms with Crippen molar-refractivity contribution in [3.8, 4) is 17.2 Å². The van der Waals surface area contributed by atoms with Crippen LogP contribution in [0.5, 0.6) is 17.2 Å². The third-order valence-electron chi connectivity index (χ3n) is 5.82. The predicted octanol–water partition coefficient (Wildman–Crippen LogP) is 5.63. The molecular formula is C23H24F3NO6. The lowest BCUT2D eigenvalue weighted by Gasteiger charge is -2.37. The first-order chi connectivity index (χ1) is 15.2. The molecule has 0 bridgehead atoms. The number of benzene rings is 2. The number of nitrogens with zero attached hydrogens (tertiary/aromatic N) is 1. The molecule has 3 rings (SSSR count). The van der Waals surface area contributed by atoms with Crippen LogP contribution in [0.25, 0.3) is 0 Å². The summed E-state index contributed by atoms with van der Waals surface area (Å²) in [6.07, 6.45) is -3.80. The van der Waals surface area contributed by atoms with E-state index < -0.39 is 33.9 Å². The van der Waals surface area contributed by atoms with E-state index in [0.717, 1.165) is 34.4 Å². The van der Waals surface area contributed by atoms with Crippen LogP contribution in [0.15, 0.2) is 18.2 Å². The van der Waals surface area contributed by atoms with Gasteiger partial charge in [0, 0.05) is 18.6 Å². The van der Waals surface area contributed by atoms with E-state index >= 15 is 0 Å². The van der Waals surface area contributed by atoms with Crippen molar-refractivity contribution in [2.24, 2.45) is 0 Å². The molecule has 1 aliphatic heterocycles. The van der Waals surface area contributed by atoms with Crippen LogP contribution < -0.4 is 14.2 Å². The van der Waals surface area contributed by atoms with E-state index in [9.17, 15) is 28.1 Å². The number of carbonyl (C=O) groups excluding carboxylic acids is 1. The van der Waals surface area contributed by atoms with Crippen LogP contribution in [-0.4, -0.2) is 23.1 Å². The summed E-state index contributed by atoms with van der Waals surface area (Å²) in [7, 11) is 0. The van der Waals surface area contributed by atoms with Gasteiger partial charge in [-0.05, 0) is 69.4 Å². The minimum atomic E-state index is -4.89. The molecule has 0 aliphatic carbocycles. The molecule has 1 aliphatic rings. The highest BCUT2D eigenvalue weighted by Crippen LogP contribution is 2.44. The standard InChI is InChI=1S/C23H24F3NO6/c1-12-13(2)21-17(14(3)20(12)32-15(4)28)8-9-22(5,33-21)11-31-16-6-7-19(27(29)30)18(10-16)23(24,25)26/h6-7,10H,8-9,11H2,1-5H3. The van der Waals surface area contributed by atoms with E-state index in [1.807, 2.05) is 20.8 Å². The van der Waals surface area contributed by atoms with Gasteiger partial charge < -0.3 is 14.2 Å². The number of esters is 1. The Morgan fingerprint density at radius 2 is 1.88 bits per heavy atom. The van der Waals surface area contributed by atoms with Crippen LogP contribution in [0.4, 0.5) is 18.9 Å². The van der Waals surface area contributed by atoms with Gasteiger partial charge in [-0.3, -0.25) is 14.9 Å². The first-order valence-corrected chi connectivity index (χ1v) is 10.2. The smallest absolute Gasteiger partial charge is 0.423 e. The molecule has 0 saturated carbocycles. The second-order valence-corrected chi connectivity index (χ2v) is 8.38. The number of halogens is 3. The fraction of sp³-hybridized carbons (Fsp3) is 0.435. The molecule has 1 heterocycles. The molecule has 178 valence electrons. The van der Waals surface area contributed by atoms with Crippen LogP contribution in [0.2, 0.25) is 0 Å². The Bertz CT molecular complexity index is 1130. The summed E-state index contributed by atoms with van der Waals surface area (Å²) in [5.74, 6) is 0.584. The number of carbonyl (C=O) groups is 1. The number of ether oxygens (including phenoxy) is 3. The van der Waals surface area contributed by atoms with E-state index in [1.165, 1.54) is 6.92 Å². The summed E-state index contributed by atoms with van der Waals surface area (Å²) in [6, 6.07) is 2.55. The number of hydrogen-bond acceptors (Lipinski definition) is 6. The van der Waals surface area contributed by atoms with E-state index in [4.69, 9.17) is 14.2 Å². The molecule has 0 saturated heterocycles. The first kappa shape index (κ1) is 24.3. The summed E-state index contributed by atoms with van der Waals surface area (Å²) in [6.45, 7) is 8.57. The lowest BCUT2D eigenvalue weighted by molar-refractivity contribution is -0.388. The monoisotopic (exact) mass is 467 g/mol. The SMILES string of the molecule is CC(=O)Oc1c(C)c(C)c2c(c1C)CCC(C)(COc1ccc([N+](=O)[O-])c(C(F)(F)F)c1)O2. The zero-order chi connectivity index (χ0) is 24.7. The summed E-state index contributed by atoms with van der Waals surface area (Å²) in [5, 5.41) is 10.9. The van der Waals surface area contributed by atoms with Gasteiger partial charge in [0.25, 0.3) is 5.69 Å². The number of nitro benzene ring substituents is 1. The number of fused-ring (bicyclic) bond motifs is 1. The van der Waals surface area contributed by atoms with Gasteiger partial charge in [-0.25, -0.2) is 0 Å². The molecule has 0 fully saturated rings. The van der Waals surface area contributed by atoms with Gasteiger partial charge in [0.05, 0.1) is 4.92 Å². The minimum absolute atomic E-state index is 0.0647. The first-order valence-electron chi connectivity index (χ1n) is 10.2. The number of nitro groups is 1. The Morgan fingerprint density at radius 1 is 1.21 bits per heavy atom. The van der Waals surface area contributed by atoms with Gasteiger partial charge in [-0.15, -0.1) is 0 Å². The van der Waals surface area contributed by atoms with Crippen molar-refractivity contribution in [1.82, 2.24) is 0 Å². The highest BCUT2D eigenvalue weighted by Gasteiger charge is 2.39. The predicted molar refractivity (Wildman–Crippen MR) is 113 cm³/mol. The van der Waals surface area contributed by atoms with Gasteiger partial charge >= 0.3 is 12.1 Å². The van der Waals surface area contributed by atoms with Gasteiger partial charge in [0.1, 0.15) is 35.0 Å². The topological polar surface area (TPSA) is 87.9 Å². The second-order valence-electron chi connectivity index (χ2n) is 8.38. The van der Waals surface area contributed by atoms with E-state index in [2.05, 4.69) is 0 Å². The van der Waals surface area contributed by atoms with Crippen LogP contribution >= 0.6 is 0 Å². The molecule has 0 amide bonds. The molecule has 0 spiro atoms. The van der Waals surface area contributed by atoms with Gasteiger partial charge in [0.2, 0.25) is 0 Å². The molecule has 1 atom stereocenters. The Labute approximate surface area is 188 Å². The Balaban J connectivity index is 1.86. The Kier molecular flexibility index (Phi) is 6.32. The van der Waals surface area contributed by atoms with Crippen molar-refractivity contribution in [3.05, 3.63) is 56.1 Å². The average molecular weight is 467 g/mol. The van der Waals surface area contributed by atoms with Crippen molar-refractivity contribution in [2.45, 2.75) is 59.2 Å². The summed E-state index contributed by atoms with van der Waals surface area (Å²) >= 11 is 0. The van der Waals surface area contributed by atoms with Crippen molar-refractivity contribution in [1.29, 1.82) is 0 Å². The molecule has 0 radical (unpaired) electrons. The minimum Gasteiger partial charge on any atom is -0.489 e. The summed E-state index contributed by atoms with van der Waals surface area (Å²) in [4.78, 5) is 21.3. The number of hydrogen-bond donors (Lipinski definition) is 0. The maximum absolute atomic E-state index is 13.2. The zero-order valence-electron chi connectivity index (χ0n) is 18.9. The molecule has 0 aromatic heterocycles. The van der Waals surface area contributed by atoms with Gasteiger partial charge in [-0.2, -0.15) is 13.2 Å². The molecule has 2 aromatic rings. The third-order valence-corrected chi connectivity index (χ3v) is 5.82. The van der Waals surface area contributed by atoms with Crippen LogP contribution in [-0.2, 0) is 17.4 Å². The molecule has 33 heavy (non-hydrogen) atoms. The van der Waals surface area contributed by atoms with Gasteiger partial charge in [0.15, 0.2) is 0 Å². The molecule has 7 nitrogen and oxygen atoms in total. The molecular weight excluding hydrogens is 443 g/mol. The summed E-state index contributed by atoms with van der Waals surface area (Å²) < 4.78 is 57.0. The maximum Gasteiger partial charge on any atom is 0.423 e. The molecule has 10 heteroatoms. The molecule has 0 N–H and O–H groups in total. The van der Waals surface area contributed by atoms with Crippen molar-refractivity contribution < 1.29 is 37.1 Å². The quantitative estimate of drug-likeness (QED) is 0.245. The third kappa shape index (κ3) is 4.89. The number of alkyl halides is 3. The van der Waals surface area contributed by atoms with E-state index in [0.29, 0.717) is 30.4 Å². The molecule has 1 unspecified atom stereocenters. The lowest BCUT2D eigenvalue weighted by Crippen LogP contribution is -2.42. The highest BCUT2D eigenvalue weighted by atomic mass is 19.4. The fourth-order valence-electron chi connectivity index (χ4n) is 3.91. The zero-order valence-corrected chi connectivity index (χ0v) is 18.9. The number of rotatable bonds is 5. The van der Waals surface area contributed by atoms with E-state index in [1.54, 1.807) is 6.92 Å². The Morgan fingerprint density at radius 3 is 2.45 bits per heavy atom. The normalized spacial score (nSPS) is 17.7. The average Bonchev–Trinajstić information content (AvgIpc) is 2.72. The van der Waals surface area contributed by atoms with Crippen molar-refractivity contribution in [3.63, 3.8) is 0 Å². The Hall–Kier alpha value is -3.30. The van der Waals surface area contributed by atoms with Crippen molar-refractivity contribution >= 4 is 11.7 Å².